The number of rotatable bonds is 5. The van der Waals surface area contributed by atoms with Crippen molar-refractivity contribution in [1.29, 1.82) is 0 Å². The summed E-state index contributed by atoms with van der Waals surface area (Å²) in [6, 6.07) is 12.0. The standard InChI is InChI=1S/C21H26N2O3/c1-16-3-5-18(6-4-16)13-21(15-24)14-23(9-10-26-21)20(25)12-19-7-8-22-17(2)11-19/h3-8,11,24H,9-10,12-15H2,1-2H3. The van der Waals surface area contributed by atoms with Crippen LogP contribution in [0.3, 0.4) is 0 Å². The fraction of sp³-hybridized carbons (Fsp3) is 0.429. The van der Waals surface area contributed by atoms with Crippen LogP contribution in [0.15, 0.2) is 42.6 Å². The number of carbonyl (C=O) groups is 1. The van der Waals surface area contributed by atoms with E-state index in [1.54, 1.807) is 6.20 Å². The number of hydrogen-bond acceptors (Lipinski definition) is 4. The van der Waals surface area contributed by atoms with Gasteiger partial charge in [0.25, 0.3) is 0 Å². The van der Waals surface area contributed by atoms with Gasteiger partial charge in [0, 0.05) is 24.9 Å². The molecule has 1 aliphatic rings. The summed E-state index contributed by atoms with van der Waals surface area (Å²) in [6.45, 7) is 5.25. The number of aliphatic hydroxyl groups excluding tert-OH is 1. The average Bonchev–Trinajstić information content (AvgIpc) is 2.64. The Labute approximate surface area is 154 Å². The van der Waals surface area contributed by atoms with Gasteiger partial charge < -0.3 is 14.7 Å². The lowest BCUT2D eigenvalue weighted by molar-refractivity contribution is -0.157. The van der Waals surface area contributed by atoms with E-state index in [0.717, 1.165) is 16.8 Å². The Hall–Kier alpha value is -2.24. The maximum atomic E-state index is 12.7. The highest BCUT2D eigenvalue weighted by Crippen LogP contribution is 2.24. The monoisotopic (exact) mass is 354 g/mol. The third-order valence-corrected chi connectivity index (χ3v) is 4.85. The van der Waals surface area contributed by atoms with E-state index in [1.165, 1.54) is 5.56 Å². The van der Waals surface area contributed by atoms with Crippen LogP contribution in [0.4, 0.5) is 0 Å². The number of aryl methyl sites for hydroxylation is 2. The van der Waals surface area contributed by atoms with Gasteiger partial charge in [-0.2, -0.15) is 0 Å². The van der Waals surface area contributed by atoms with E-state index < -0.39 is 5.60 Å². The van der Waals surface area contributed by atoms with Crippen molar-refractivity contribution >= 4 is 5.91 Å². The molecule has 26 heavy (non-hydrogen) atoms. The third kappa shape index (κ3) is 4.48. The Balaban J connectivity index is 1.69. The minimum absolute atomic E-state index is 0.0561. The Morgan fingerprint density at radius 1 is 1.23 bits per heavy atom. The zero-order valence-electron chi connectivity index (χ0n) is 15.4. The van der Waals surface area contributed by atoms with Crippen LogP contribution in [-0.4, -0.2) is 52.8 Å². The highest BCUT2D eigenvalue weighted by molar-refractivity contribution is 5.79. The first kappa shape index (κ1) is 18.5. The summed E-state index contributed by atoms with van der Waals surface area (Å²) in [5.74, 6) is 0.0561. The molecule has 3 rings (SSSR count). The van der Waals surface area contributed by atoms with Crippen LogP contribution in [0.2, 0.25) is 0 Å². The van der Waals surface area contributed by atoms with Gasteiger partial charge in [0.05, 0.1) is 26.2 Å². The number of nitrogens with zero attached hydrogens (tertiary/aromatic N) is 2. The summed E-state index contributed by atoms with van der Waals surface area (Å²) in [4.78, 5) is 18.7. The van der Waals surface area contributed by atoms with Gasteiger partial charge in [0.15, 0.2) is 0 Å². The van der Waals surface area contributed by atoms with E-state index in [4.69, 9.17) is 4.74 Å². The number of pyridine rings is 1. The first-order valence-corrected chi connectivity index (χ1v) is 8.99. The molecule has 5 nitrogen and oxygen atoms in total. The Kier molecular flexibility index (Phi) is 5.69. The second-order valence-corrected chi connectivity index (χ2v) is 7.15. The molecule has 1 unspecified atom stereocenters. The number of morpholine rings is 1. The Morgan fingerprint density at radius 3 is 2.69 bits per heavy atom. The summed E-state index contributed by atoms with van der Waals surface area (Å²) in [5.41, 5.74) is 3.42. The second kappa shape index (κ2) is 7.98. The number of carbonyl (C=O) groups excluding carboxylic acids is 1. The predicted octanol–water partition coefficient (Wildman–Crippen LogP) is 2.07. The lowest BCUT2D eigenvalue weighted by Gasteiger charge is -2.42. The molecule has 1 amide bonds. The quantitative estimate of drug-likeness (QED) is 0.893. The average molecular weight is 354 g/mol. The van der Waals surface area contributed by atoms with Crippen LogP contribution < -0.4 is 0 Å². The van der Waals surface area contributed by atoms with E-state index >= 15 is 0 Å². The molecule has 1 aromatic heterocycles. The summed E-state index contributed by atoms with van der Waals surface area (Å²) < 4.78 is 5.94. The molecule has 1 fully saturated rings. The number of ether oxygens (including phenoxy) is 1. The fourth-order valence-electron chi connectivity index (χ4n) is 3.39. The number of benzene rings is 1. The molecule has 1 aliphatic heterocycles. The van der Waals surface area contributed by atoms with Crippen LogP contribution >= 0.6 is 0 Å². The van der Waals surface area contributed by atoms with Crippen LogP contribution in [0.25, 0.3) is 0 Å². The van der Waals surface area contributed by atoms with Crippen LogP contribution in [-0.2, 0) is 22.4 Å². The summed E-state index contributed by atoms with van der Waals surface area (Å²) in [7, 11) is 0. The highest BCUT2D eigenvalue weighted by Gasteiger charge is 2.38. The minimum atomic E-state index is -0.739. The summed E-state index contributed by atoms with van der Waals surface area (Å²) >= 11 is 0. The number of aliphatic hydroxyl groups is 1. The van der Waals surface area contributed by atoms with Gasteiger partial charge in [-0.25, -0.2) is 0 Å². The zero-order chi connectivity index (χ0) is 18.6. The molecule has 0 aliphatic carbocycles. The molecule has 1 saturated heterocycles. The lowest BCUT2D eigenvalue weighted by atomic mass is 9.92. The first-order chi connectivity index (χ1) is 12.5. The smallest absolute Gasteiger partial charge is 0.227 e. The molecule has 1 atom stereocenters. The van der Waals surface area contributed by atoms with E-state index in [2.05, 4.69) is 29.2 Å². The van der Waals surface area contributed by atoms with Crippen molar-refractivity contribution in [3.8, 4) is 0 Å². The Morgan fingerprint density at radius 2 is 2.00 bits per heavy atom. The van der Waals surface area contributed by atoms with Crippen LogP contribution in [0, 0.1) is 13.8 Å². The molecular formula is C21H26N2O3. The molecule has 2 heterocycles. The van der Waals surface area contributed by atoms with E-state index in [9.17, 15) is 9.90 Å². The Bertz CT molecular complexity index is 760. The zero-order valence-corrected chi connectivity index (χ0v) is 15.4. The van der Waals surface area contributed by atoms with Gasteiger partial charge >= 0.3 is 0 Å². The topological polar surface area (TPSA) is 62.7 Å². The van der Waals surface area contributed by atoms with Crippen molar-refractivity contribution in [1.82, 2.24) is 9.88 Å². The van der Waals surface area contributed by atoms with Crippen molar-refractivity contribution in [3.05, 3.63) is 65.0 Å². The molecule has 0 radical (unpaired) electrons. The van der Waals surface area contributed by atoms with Gasteiger partial charge in [-0.3, -0.25) is 9.78 Å². The normalized spacial score (nSPS) is 20.2. The largest absolute Gasteiger partial charge is 0.393 e. The molecule has 0 spiro atoms. The summed E-state index contributed by atoms with van der Waals surface area (Å²) in [6.07, 6.45) is 2.66. The number of aromatic nitrogens is 1. The van der Waals surface area contributed by atoms with E-state index in [0.29, 0.717) is 32.5 Å². The predicted molar refractivity (Wildman–Crippen MR) is 99.9 cm³/mol. The van der Waals surface area contributed by atoms with Gasteiger partial charge in [-0.1, -0.05) is 29.8 Å². The minimum Gasteiger partial charge on any atom is -0.393 e. The maximum absolute atomic E-state index is 12.7. The SMILES string of the molecule is Cc1ccc(CC2(CO)CN(C(=O)Cc3ccnc(C)c3)CCO2)cc1. The fourth-order valence-corrected chi connectivity index (χ4v) is 3.39. The molecule has 0 bridgehead atoms. The molecule has 1 N–H and O–H groups in total. The molecule has 138 valence electrons. The highest BCUT2D eigenvalue weighted by atomic mass is 16.5. The molecular weight excluding hydrogens is 328 g/mol. The van der Waals surface area contributed by atoms with Gasteiger partial charge in [0.1, 0.15) is 5.60 Å². The second-order valence-electron chi connectivity index (χ2n) is 7.15. The maximum Gasteiger partial charge on any atom is 0.227 e. The van der Waals surface area contributed by atoms with Crippen LogP contribution in [0.5, 0.6) is 0 Å². The number of amides is 1. The van der Waals surface area contributed by atoms with Gasteiger partial charge in [-0.05, 0) is 37.1 Å². The van der Waals surface area contributed by atoms with Crippen molar-refractivity contribution in [2.75, 3.05) is 26.3 Å². The summed E-state index contributed by atoms with van der Waals surface area (Å²) in [5, 5.41) is 10.0. The number of hydrogen-bond donors (Lipinski definition) is 1. The third-order valence-electron chi connectivity index (χ3n) is 4.85. The van der Waals surface area contributed by atoms with Gasteiger partial charge in [-0.15, -0.1) is 0 Å². The molecule has 5 heteroatoms. The van der Waals surface area contributed by atoms with E-state index in [1.807, 2.05) is 30.9 Å². The lowest BCUT2D eigenvalue weighted by Crippen LogP contribution is -2.57. The molecule has 2 aromatic rings. The van der Waals surface area contributed by atoms with Crippen molar-refractivity contribution < 1.29 is 14.6 Å². The van der Waals surface area contributed by atoms with Crippen molar-refractivity contribution in [3.63, 3.8) is 0 Å². The van der Waals surface area contributed by atoms with Crippen molar-refractivity contribution in [2.45, 2.75) is 32.3 Å². The van der Waals surface area contributed by atoms with Crippen LogP contribution in [0.1, 0.15) is 22.4 Å². The first-order valence-electron chi connectivity index (χ1n) is 8.99. The van der Waals surface area contributed by atoms with Crippen molar-refractivity contribution in [2.24, 2.45) is 0 Å². The van der Waals surface area contributed by atoms with E-state index in [-0.39, 0.29) is 12.5 Å². The van der Waals surface area contributed by atoms with Gasteiger partial charge in [0.2, 0.25) is 5.91 Å². The molecule has 0 saturated carbocycles. The molecule has 1 aromatic carbocycles.